The fraction of sp³-hybridized carbons (Fsp3) is 0.833. The molecular weight excluding hydrogens is 218 g/mol. The molecule has 1 rings (SSSR count). The van der Waals surface area contributed by atoms with E-state index in [9.17, 15) is 9.59 Å². The molecule has 98 valence electrons. The van der Waals surface area contributed by atoms with E-state index >= 15 is 0 Å². The fourth-order valence-electron chi connectivity index (χ4n) is 1.93. The van der Waals surface area contributed by atoms with E-state index in [1.807, 2.05) is 32.6 Å². The van der Waals surface area contributed by atoms with E-state index in [0.29, 0.717) is 19.5 Å². The highest BCUT2D eigenvalue weighted by molar-refractivity contribution is 5.82. The first kappa shape index (κ1) is 13.8. The maximum atomic E-state index is 11.8. The highest BCUT2D eigenvalue weighted by Crippen LogP contribution is 2.21. The molecule has 0 saturated carbocycles. The average Bonchev–Trinajstić information content (AvgIpc) is 2.56. The maximum absolute atomic E-state index is 11.8. The molecule has 1 atom stereocenters. The van der Waals surface area contributed by atoms with Crippen LogP contribution in [-0.2, 0) is 4.79 Å². The van der Waals surface area contributed by atoms with Gasteiger partial charge in [-0.1, -0.05) is 6.92 Å². The molecule has 17 heavy (non-hydrogen) atoms. The van der Waals surface area contributed by atoms with Gasteiger partial charge in [0.1, 0.15) is 0 Å². The molecule has 1 heterocycles. The predicted molar refractivity (Wildman–Crippen MR) is 66.7 cm³/mol. The van der Waals surface area contributed by atoms with Crippen molar-refractivity contribution in [2.45, 2.75) is 52.1 Å². The molecule has 2 N–H and O–H groups in total. The van der Waals surface area contributed by atoms with Crippen molar-refractivity contribution in [3.05, 3.63) is 0 Å². The molecule has 1 fully saturated rings. The fourth-order valence-corrected chi connectivity index (χ4v) is 1.93. The standard InChI is InChI=1S/C12H23N3O2/c1-5-6-13-11(17)14-9-7-10(16)15(8-9)12(2,3)4/h9H,5-8H2,1-4H3,(H2,13,14,17). The maximum Gasteiger partial charge on any atom is 0.315 e. The van der Waals surface area contributed by atoms with Gasteiger partial charge in [0, 0.05) is 25.0 Å². The summed E-state index contributed by atoms with van der Waals surface area (Å²) in [5.74, 6) is 0.110. The summed E-state index contributed by atoms with van der Waals surface area (Å²) in [5.41, 5.74) is -0.173. The van der Waals surface area contributed by atoms with Gasteiger partial charge in [-0.25, -0.2) is 4.79 Å². The summed E-state index contributed by atoms with van der Waals surface area (Å²) >= 11 is 0. The quantitative estimate of drug-likeness (QED) is 0.777. The Morgan fingerprint density at radius 1 is 1.47 bits per heavy atom. The molecule has 0 spiro atoms. The lowest BCUT2D eigenvalue weighted by molar-refractivity contribution is -0.131. The minimum Gasteiger partial charge on any atom is -0.338 e. The van der Waals surface area contributed by atoms with E-state index in [-0.39, 0.29) is 23.5 Å². The number of amides is 3. The SMILES string of the molecule is CCCNC(=O)NC1CC(=O)N(C(C)(C)C)C1. The number of carbonyl (C=O) groups excluding carboxylic acids is 2. The first-order chi connectivity index (χ1) is 7.84. The van der Waals surface area contributed by atoms with E-state index in [4.69, 9.17) is 0 Å². The van der Waals surface area contributed by atoms with Gasteiger partial charge >= 0.3 is 6.03 Å². The van der Waals surface area contributed by atoms with E-state index < -0.39 is 0 Å². The Morgan fingerprint density at radius 2 is 2.12 bits per heavy atom. The van der Waals surface area contributed by atoms with Crippen LogP contribution in [0.15, 0.2) is 0 Å². The third-order valence-electron chi connectivity index (χ3n) is 2.81. The number of nitrogens with one attached hydrogen (secondary N) is 2. The number of urea groups is 1. The molecule has 5 nitrogen and oxygen atoms in total. The van der Waals surface area contributed by atoms with Gasteiger partial charge in [0.25, 0.3) is 0 Å². The zero-order valence-corrected chi connectivity index (χ0v) is 11.2. The summed E-state index contributed by atoms with van der Waals surface area (Å²) in [6.45, 7) is 9.28. The van der Waals surface area contributed by atoms with E-state index in [2.05, 4.69) is 10.6 Å². The molecule has 1 saturated heterocycles. The van der Waals surface area contributed by atoms with Gasteiger partial charge < -0.3 is 15.5 Å². The van der Waals surface area contributed by atoms with Crippen molar-refractivity contribution in [1.29, 1.82) is 0 Å². The van der Waals surface area contributed by atoms with Gasteiger partial charge in [0.15, 0.2) is 0 Å². The van der Waals surface area contributed by atoms with Crippen LogP contribution in [0, 0.1) is 0 Å². The van der Waals surface area contributed by atoms with Crippen molar-refractivity contribution in [3.8, 4) is 0 Å². The third kappa shape index (κ3) is 3.91. The second-order valence-electron chi connectivity index (χ2n) is 5.48. The Kier molecular flexibility index (Phi) is 4.37. The van der Waals surface area contributed by atoms with Gasteiger partial charge in [-0.15, -0.1) is 0 Å². The molecule has 1 unspecified atom stereocenters. The Labute approximate surface area is 103 Å². The van der Waals surface area contributed by atoms with Crippen LogP contribution >= 0.6 is 0 Å². The van der Waals surface area contributed by atoms with Crippen molar-refractivity contribution >= 4 is 11.9 Å². The molecule has 0 radical (unpaired) electrons. The van der Waals surface area contributed by atoms with Crippen molar-refractivity contribution in [3.63, 3.8) is 0 Å². The van der Waals surface area contributed by atoms with Crippen molar-refractivity contribution in [2.75, 3.05) is 13.1 Å². The van der Waals surface area contributed by atoms with Crippen molar-refractivity contribution in [2.24, 2.45) is 0 Å². The molecule has 5 heteroatoms. The van der Waals surface area contributed by atoms with Crippen LogP contribution < -0.4 is 10.6 Å². The molecule has 0 bridgehead atoms. The third-order valence-corrected chi connectivity index (χ3v) is 2.81. The molecular formula is C12H23N3O2. The molecule has 0 aromatic heterocycles. The minimum atomic E-state index is -0.180. The topological polar surface area (TPSA) is 61.4 Å². The summed E-state index contributed by atoms with van der Waals surface area (Å²) in [7, 11) is 0. The monoisotopic (exact) mass is 241 g/mol. The highest BCUT2D eigenvalue weighted by Gasteiger charge is 2.36. The van der Waals surface area contributed by atoms with Crippen molar-refractivity contribution < 1.29 is 9.59 Å². The van der Waals surface area contributed by atoms with Gasteiger partial charge in [-0.2, -0.15) is 0 Å². The zero-order valence-electron chi connectivity index (χ0n) is 11.2. The lowest BCUT2D eigenvalue weighted by atomic mass is 10.1. The van der Waals surface area contributed by atoms with Crippen LogP contribution in [0.1, 0.15) is 40.5 Å². The minimum absolute atomic E-state index is 0.0708. The summed E-state index contributed by atoms with van der Waals surface area (Å²) < 4.78 is 0. The smallest absolute Gasteiger partial charge is 0.315 e. The first-order valence-corrected chi connectivity index (χ1v) is 6.19. The number of nitrogens with zero attached hydrogens (tertiary/aromatic N) is 1. The summed E-state index contributed by atoms with van der Waals surface area (Å²) in [5, 5.41) is 5.58. The Bertz CT molecular complexity index is 297. The molecule has 1 aliphatic heterocycles. The van der Waals surface area contributed by atoms with Gasteiger partial charge in [0.05, 0.1) is 6.04 Å². The van der Waals surface area contributed by atoms with Crippen LogP contribution in [0.3, 0.4) is 0 Å². The summed E-state index contributed by atoms with van der Waals surface area (Å²) in [6.07, 6.45) is 1.31. The number of likely N-dealkylation sites (tertiary alicyclic amines) is 1. The van der Waals surface area contributed by atoms with Gasteiger partial charge in [0.2, 0.25) is 5.91 Å². The molecule has 3 amide bonds. The lowest BCUT2D eigenvalue weighted by Gasteiger charge is -2.32. The van der Waals surface area contributed by atoms with Crippen molar-refractivity contribution in [1.82, 2.24) is 15.5 Å². The number of rotatable bonds is 3. The Balaban J connectivity index is 2.44. The van der Waals surface area contributed by atoms with Crippen LogP contribution in [0.2, 0.25) is 0 Å². The summed E-state index contributed by atoms with van der Waals surface area (Å²) in [4.78, 5) is 25.1. The molecule has 0 aromatic carbocycles. The molecule has 0 aliphatic carbocycles. The van der Waals surface area contributed by atoms with Crippen LogP contribution in [-0.4, -0.2) is 41.5 Å². The van der Waals surface area contributed by atoms with Crippen LogP contribution in [0.5, 0.6) is 0 Å². The summed E-state index contributed by atoms with van der Waals surface area (Å²) in [6, 6.07) is -0.251. The second-order valence-corrected chi connectivity index (χ2v) is 5.48. The van der Waals surface area contributed by atoms with Crippen LogP contribution in [0.4, 0.5) is 4.79 Å². The number of hydrogen-bond acceptors (Lipinski definition) is 2. The predicted octanol–water partition coefficient (Wildman–Crippen LogP) is 1.09. The normalized spacial score (nSPS) is 20.6. The second kappa shape index (κ2) is 5.38. The molecule has 0 aromatic rings. The van der Waals surface area contributed by atoms with E-state index in [1.165, 1.54) is 0 Å². The number of hydrogen-bond donors (Lipinski definition) is 2. The number of carbonyl (C=O) groups is 2. The van der Waals surface area contributed by atoms with Gasteiger partial charge in [-0.05, 0) is 27.2 Å². The van der Waals surface area contributed by atoms with Crippen LogP contribution in [0.25, 0.3) is 0 Å². The van der Waals surface area contributed by atoms with Gasteiger partial charge in [-0.3, -0.25) is 4.79 Å². The largest absolute Gasteiger partial charge is 0.338 e. The van der Waals surface area contributed by atoms with E-state index in [1.54, 1.807) is 0 Å². The Hall–Kier alpha value is -1.26. The zero-order chi connectivity index (χ0) is 13.1. The van der Waals surface area contributed by atoms with E-state index in [0.717, 1.165) is 6.42 Å². The lowest BCUT2D eigenvalue weighted by Crippen LogP contribution is -2.46. The Morgan fingerprint density at radius 3 is 2.59 bits per heavy atom. The average molecular weight is 241 g/mol. The molecule has 1 aliphatic rings. The first-order valence-electron chi connectivity index (χ1n) is 6.19. The highest BCUT2D eigenvalue weighted by atomic mass is 16.2.